The number of hydrogen-bond acceptors (Lipinski definition) is 2. The lowest BCUT2D eigenvalue weighted by molar-refractivity contribution is -0.121. The van der Waals surface area contributed by atoms with Crippen molar-refractivity contribution in [3.8, 4) is 5.75 Å². The first-order chi connectivity index (χ1) is 9.26. The normalized spacial score (nSPS) is 11.5. The van der Waals surface area contributed by atoms with Crippen molar-refractivity contribution in [3.63, 3.8) is 0 Å². The van der Waals surface area contributed by atoms with E-state index in [1.54, 1.807) is 0 Å². The molecule has 0 unspecified atom stereocenters. The van der Waals surface area contributed by atoms with Crippen LogP contribution < -0.4 is 10.1 Å². The fourth-order valence-corrected chi connectivity index (χ4v) is 1.91. The van der Waals surface area contributed by atoms with Gasteiger partial charge in [0.05, 0.1) is 0 Å². The first-order valence-corrected chi connectivity index (χ1v) is 7.31. The Morgan fingerprint density at radius 2 is 2.00 bits per heavy atom. The van der Waals surface area contributed by atoms with Crippen LogP contribution in [0.4, 0.5) is 0 Å². The minimum atomic E-state index is -0.190. The molecule has 0 bridgehead atoms. The van der Waals surface area contributed by atoms with Crippen LogP contribution in [0.25, 0.3) is 0 Å². The Morgan fingerprint density at radius 1 is 1.30 bits per heavy atom. The van der Waals surface area contributed by atoms with Crippen LogP contribution >= 0.6 is 0 Å². The zero-order chi connectivity index (χ0) is 15.2. The largest absolute Gasteiger partial charge is 0.488 e. The topological polar surface area (TPSA) is 38.3 Å². The highest BCUT2D eigenvalue weighted by Crippen LogP contribution is 2.19. The number of amides is 1. The van der Waals surface area contributed by atoms with E-state index in [2.05, 4.69) is 11.4 Å². The maximum Gasteiger partial charge on any atom is 0.220 e. The Bertz CT molecular complexity index is 433. The monoisotopic (exact) mass is 277 g/mol. The second kappa shape index (κ2) is 7.32. The predicted molar refractivity (Wildman–Crippen MR) is 83.0 cm³/mol. The van der Waals surface area contributed by atoms with Gasteiger partial charge in [-0.25, -0.2) is 0 Å². The summed E-state index contributed by atoms with van der Waals surface area (Å²) in [6.45, 7) is 10.9. The third kappa shape index (κ3) is 7.17. The number of rotatable bonds is 6. The van der Waals surface area contributed by atoms with E-state index in [0.29, 0.717) is 18.9 Å². The summed E-state index contributed by atoms with van der Waals surface area (Å²) in [5, 5.41) is 2.95. The molecule has 0 aliphatic heterocycles. The van der Waals surface area contributed by atoms with E-state index >= 15 is 0 Å². The minimum Gasteiger partial charge on any atom is -0.488 e. The van der Waals surface area contributed by atoms with Gasteiger partial charge in [-0.3, -0.25) is 4.79 Å². The van der Waals surface area contributed by atoms with E-state index in [4.69, 9.17) is 4.74 Å². The highest BCUT2D eigenvalue weighted by Gasteiger charge is 2.11. The van der Waals surface area contributed by atoms with Crippen molar-refractivity contribution in [1.29, 1.82) is 0 Å². The molecule has 0 aliphatic carbocycles. The Morgan fingerprint density at radius 3 is 2.60 bits per heavy atom. The molecular formula is C17H27NO2. The van der Waals surface area contributed by atoms with Crippen LogP contribution in [0.5, 0.6) is 5.75 Å². The number of nitrogens with one attached hydrogen (secondary N) is 1. The molecule has 0 saturated heterocycles. The van der Waals surface area contributed by atoms with E-state index in [1.165, 1.54) is 5.56 Å². The van der Waals surface area contributed by atoms with E-state index in [1.807, 2.05) is 52.8 Å². The van der Waals surface area contributed by atoms with Gasteiger partial charge in [0.2, 0.25) is 5.91 Å². The molecular weight excluding hydrogens is 250 g/mol. The fourth-order valence-electron chi connectivity index (χ4n) is 1.91. The second-order valence-electron chi connectivity index (χ2n) is 6.56. The maximum absolute atomic E-state index is 11.6. The molecule has 1 N–H and O–H groups in total. The average Bonchev–Trinajstić information content (AvgIpc) is 2.25. The summed E-state index contributed by atoms with van der Waals surface area (Å²) in [5.41, 5.74) is 0.987. The van der Waals surface area contributed by atoms with Crippen molar-refractivity contribution in [2.24, 2.45) is 5.92 Å². The van der Waals surface area contributed by atoms with E-state index in [9.17, 15) is 4.79 Å². The van der Waals surface area contributed by atoms with Gasteiger partial charge in [0.25, 0.3) is 0 Å². The molecule has 1 aromatic rings. The quantitative estimate of drug-likeness (QED) is 0.863. The SMILES string of the molecule is CC(C)CC(=O)NCCc1cccc(OC(C)(C)C)c1. The average molecular weight is 277 g/mol. The summed E-state index contributed by atoms with van der Waals surface area (Å²) in [6.07, 6.45) is 1.42. The van der Waals surface area contributed by atoms with Gasteiger partial charge in [-0.1, -0.05) is 26.0 Å². The Balaban J connectivity index is 2.45. The Labute approximate surface area is 122 Å². The lowest BCUT2D eigenvalue weighted by Crippen LogP contribution is -2.26. The van der Waals surface area contributed by atoms with E-state index < -0.39 is 0 Å². The molecule has 0 saturated carbocycles. The van der Waals surface area contributed by atoms with Gasteiger partial charge in [-0.15, -0.1) is 0 Å². The molecule has 0 aliphatic rings. The molecule has 3 heteroatoms. The van der Waals surface area contributed by atoms with Crippen molar-refractivity contribution in [3.05, 3.63) is 29.8 Å². The van der Waals surface area contributed by atoms with Gasteiger partial charge in [-0.05, 0) is 50.8 Å². The molecule has 0 aromatic heterocycles. The molecule has 0 fully saturated rings. The molecule has 1 aromatic carbocycles. The maximum atomic E-state index is 11.6. The van der Waals surface area contributed by atoms with Crippen LogP contribution in [0.3, 0.4) is 0 Å². The summed E-state index contributed by atoms with van der Waals surface area (Å²) in [4.78, 5) is 11.6. The summed E-state index contributed by atoms with van der Waals surface area (Å²) in [5.74, 6) is 1.41. The summed E-state index contributed by atoms with van der Waals surface area (Å²) in [7, 11) is 0. The van der Waals surface area contributed by atoms with Crippen LogP contribution in [0.2, 0.25) is 0 Å². The molecule has 3 nitrogen and oxygen atoms in total. The van der Waals surface area contributed by atoms with Crippen LogP contribution in [0.1, 0.15) is 46.6 Å². The van der Waals surface area contributed by atoms with E-state index in [0.717, 1.165) is 12.2 Å². The van der Waals surface area contributed by atoms with Crippen LogP contribution in [0.15, 0.2) is 24.3 Å². The first-order valence-electron chi connectivity index (χ1n) is 7.31. The molecule has 0 atom stereocenters. The third-order valence-electron chi connectivity index (χ3n) is 2.65. The smallest absolute Gasteiger partial charge is 0.220 e. The molecule has 0 heterocycles. The fraction of sp³-hybridized carbons (Fsp3) is 0.588. The van der Waals surface area contributed by atoms with E-state index in [-0.39, 0.29) is 11.5 Å². The zero-order valence-electron chi connectivity index (χ0n) is 13.3. The first kappa shape index (κ1) is 16.5. The lowest BCUT2D eigenvalue weighted by Gasteiger charge is -2.21. The van der Waals surface area contributed by atoms with Gasteiger partial charge in [-0.2, -0.15) is 0 Å². The Kier molecular flexibility index (Phi) is 6.05. The van der Waals surface area contributed by atoms with Crippen molar-refractivity contribution in [2.75, 3.05) is 6.54 Å². The molecule has 0 spiro atoms. The molecule has 0 radical (unpaired) electrons. The summed E-state index contributed by atoms with van der Waals surface area (Å²) in [6, 6.07) is 8.06. The minimum absolute atomic E-state index is 0.127. The van der Waals surface area contributed by atoms with Gasteiger partial charge >= 0.3 is 0 Å². The number of benzene rings is 1. The zero-order valence-corrected chi connectivity index (χ0v) is 13.3. The number of ether oxygens (including phenoxy) is 1. The molecule has 1 amide bonds. The molecule has 20 heavy (non-hydrogen) atoms. The highest BCUT2D eigenvalue weighted by atomic mass is 16.5. The third-order valence-corrected chi connectivity index (χ3v) is 2.65. The number of hydrogen-bond donors (Lipinski definition) is 1. The van der Waals surface area contributed by atoms with Gasteiger partial charge in [0.15, 0.2) is 0 Å². The second-order valence-corrected chi connectivity index (χ2v) is 6.56. The van der Waals surface area contributed by atoms with Crippen molar-refractivity contribution in [2.45, 2.75) is 53.1 Å². The number of carbonyl (C=O) groups is 1. The summed E-state index contributed by atoms with van der Waals surface area (Å²) < 4.78 is 5.84. The van der Waals surface area contributed by atoms with Crippen LogP contribution in [0, 0.1) is 5.92 Å². The lowest BCUT2D eigenvalue weighted by atomic mass is 10.1. The number of carbonyl (C=O) groups excluding carboxylic acids is 1. The highest BCUT2D eigenvalue weighted by molar-refractivity contribution is 5.76. The Hall–Kier alpha value is -1.51. The molecule has 112 valence electrons. The van der Waals surface area contributed by atoms with Crippen molar-refractivity contribution < 1.29 is 9.53 Å². The van der Waals surface area contributed by atoms with Gasteiger partial charge in [0.1, 0.15) is 11.4 Å². The van der Waals surface area contributed by atoms with Crippen LogP contribution in [-0.4, -0.2) is 18.1 Å². The summed E-state index contributed by atoms with van der Waals surface area (Å²) >= 11 is 0. The van der Waals surface area contributed by atoms with Crippen LogP contribution in [-0.2, 0) is 11.2 Å². The van der Waals surface area contributed by atoms with Crippen molar-refractivity contribution >= 4 is 5.91 Å². The standard InChI is InChI=1S/C17H27NO2/c1-13(2)11-16(19)18-10-9-14-7-6-8-15(12-14)20-17(3,4)5/h6-8,12-13H,9-11H2,1-5H3,(H,18,19). The predicted octanol–water partition coefficient (Wildman–Crippen LogP) is 3.57. The van der Waals surface area contributed by atoms with Gasteiger partial charge < -0.3 is 10.1 Å². The molecule has 1 rings (SSSR count). The van der Waals surface area contributed by atoms with Crippen molar-refractivity contribution in [1.82, 2.24) is 5.32 Å². The van der Waals surface area contributed by atoms with Gasteiger partial charge in [0, 0.05) is 13.0 Å².